The van der Waals surface area contributed by atoms with Crippen molar-refractivity contribution >= 4 is 34.7 Å². The monoisotopic (exact) mass is 530 g/mol. The molecule has 2 aromatic heterocycles. The summed E-state index contributed by atoms with van der Waals surface area (Å²) in [6.07, 6.45) is 6.90. The van der Waals surface area contributed by atoms with Gasteiger partial charge >= 0.3 is 0 Å². The van der Waals surface area contributed by atoms with Crippen molar-refractivity contribution in [2.45, 2.75) is 37.8 Å². The van der Waals surface area contributed by atoms with Crippen LogP contribution in [-0.2, 0) is 16.0 Å². The highest BCUT2D eigenvalue weighted by molar-refractivity contribution is 6.31. The summed E-state index contributed by atoms with van der Waals surface area (Å²) in [6.45, 7) is 0. The van der Waals surface area contributed by atoms with E-state index in [1.54, 1.807) is 12.3 Å². The number of hydrogen-bond acceptors (Lipinski definition) is 6. The quantitative estimate of drug-likeness (QED) is 0.413. The first-order valence-electron chi connectivity index (χ1n) is 12.2. The maximum absolute atomic E-state index is 15.3. The lowest BCUT2D eigenvalue weighted by Crippen LogP contribution is -2.39. The van der Waals surface area contributed by atoms with Crippen LogP contribution in [0.4, 0.5) is 10.1 Å². The van der Waals surface area contributed by atoms with Gasteiger partial charge in [-0.25, -0.2) is 9.37 Å². The number of benzene rings is 2. The zero-order valence-electron chi connectivity index (χ0n) is 19.9. The van der Waals surface area contributed by atoms with Crippen molar-refractivity contribution < 1.29 is 14.0 Å². The molecule has 0 unspecified atom stereocenters. The number of nitrogens with one attached hydrogen (secondary N) is 2. The van der Waals surface area contributed by atoms with Crippen LogP contribution in [0.3, 0.4) is 0 Å². The van der Waals surface area contributed by atoms with Crippen LogP contribution in [0.25, 0.3) is 22.5 Å². The van der Waals surface area contributed by atoms with Gasteiger partial charge in [0.1, 0.15) is 12.2 Å². The normalized spacial score (nSPS) is 20.4. The fourth-order valence-electron chi connectivity index (χ4n) is 5.75. The number of anilines is 1. The van der Waals surface area contributed by atoms with Crippen LogP contribution < -0.4 is 5.32 Å². The molecule has 0 radical (unpaired) electrons. The highest BCUT2D eigenvalue weighted by atomic mass is 35.5. The number of H-pyrrole nitrogens is 1. The first-order valence-corrected chi connectivity index (χ1v) is 12.6. The van der Waals surface area contributed by atoms with Crippen LogP contribution in [0.1, 0.15) is 42.3 Å². The summed E-state index contributed by atoms with van der Waals surface area (Å²) in [7, 11) is 0. The first kappa shape index (κ1) is 22.8. The number of amides is 2. The predicted octanol–water partition coefficient (Wildman–Crippen LogP) is 3.86. The van der Waals surface area contributed by atoms with E-state index in [0.717, 1.165) is 35.3 Å². The Balaban J connectivity index is 1.19. The van der Waals surface area contributed by atoms with Crippen molar-refractivity contribution in [3.8, 4) is 16.9 Å². The molecule has 5 heterocycles. The third-order valence-electron chi connectivity index (χ3n) is 7.45. The highest BCUT2D eigenvalue weighted by Gasteiger charge is 2.42. The molecule has 190 valence electrons. The SMILES string of the molecule is O=C1Cc2cc(-c3cnc([C@@H]4CC[C@H]5CC(c6c(-n7cnnn7)ccc(Cl)c6F)=CC(=O)N54)[nH]3)ccc2N1. The molecule has 0 spiro atoms. The van der Waals surface area contributed by atoms with Gasteiger partial charge in [-0.05, 0) is 70.7 Å². The van der Waals surface area contributed by atoms with E-state index in [0.29, 0.717) is 29.9 Å². The zero-order valence-corrected chi connectivity index (χ0v) is 20.6. The lowest BCUT2D eigenvalue weighted by molar-refractivity contribution is -0.129. The minimum atomic E-state index is -0.608. The Morgan fingerprint density at radius 3 is 2.87 bits per heavy atom. The number of carbonyl (C=O) groups excluding carboxylic acids is 2. The van der Waals surface area contributed by atoms with E-state index in [1.165, 1.54) is 23.2 Å². The van der Waals surface area contributed by atoms with Crippen molar-refractivity contribution in [2.24, 2.45) is 0 Å². The minimum Gasteiger partial charge on any atom is -0.340 e. The molecule has 0 saturated carbocycles. The largest absolute Gasteiger partial charge is 0.340 e. The minimum absolute atomic E-state index is 0.0155. The van der Waals surface area contributed by atoms with E-state index in [1.807, 2.05) is 23.1 Å². The smallest absolute Gasteiger partial charge is 0.247 e. The molecule has 3 aliphatic rings. The van der Waals surface area contributed by atoms with Gasteiger partial charge in [-0.15, -0.1) is 5.10 Å². The van der Waals surface area contributed by atoms with Crippen molar-refractivity contribution in [1.29, 1.82) is 0 Å². The molecule has 2 N–H and O–H groups in total. The number of hydrogen-bond donors (Lipinski definition) is 2. The summed E-state index contributed by atoms with van der Waals surface area (Å²) in [5, 5.41) is 14.0. The topological polar surface area (TPSA) is 122 Å². The third-order valence-corrected chi connectivity index (χ3v) is 7.74. The fraction of sp³-hybridized carbons (Fsp3) is 0.231. The molecule has 2 atom stereocenters. The second-order valence-electron chi connectivity index (χ2n) is 9.66. The second-order valence-corrected chi connectivity index (χ2v) is 10.1. The van der Waals surface area contributed by atoms with E-state index in [-0.39, 0.29) is 34.5 Å². The van der Waals surface area contributed by atoms with E-state index in [9.17, 15) is 9.59 Å². The number of fused-ring (bicyclic) bond motifs is 2. The summed E-state index contributed by atoms with van der Waals surface area (Å²) < 4.78 is 16.7. The van der Waals surface area contributed by atoms with Crippen LogP contribution in [0.2, 0.25) is 5.02 Å². The molecule has 10 nitrogen and oxygen atoms in total. The van der Waals surface area contributed by atoms with Gasteiger partial charge in [0.15, 0.2) is 5.82 Å². The summed E-state index contributed by atoms with van der Waals surface area (Å²) in [5.74, 6) is -0.131. The van der Waals surface area contributed by atoms with Gasteiger partial charge < -0.3 is 15.2 Å². The standard InChI is InChI=1S/C26H20ClFN8O2/c27-17-3-6-20(35-12-30-33-34-35)24(25(17)28)15-8-16-2-5-21(36(16)23(38)10-15)26-29-11-19(32-26)13-1-4-18-14(7-13)9-22(37)31-18/h1,3-4,6-7,10-12,16,21H,2,5,8-9H2,(H,29,32)(H,31,37)/t16-,21-/m0/s1. The summed E-state index contributed by atoms with van der Waals surface area (Å²) in [6, 6.07) is 8.55. The lowest BCUT2D eigenvalue weighted by atomic mass is 9.92. The zero-order chi connectivity index (χ0) is 26.0. The average molecular weight is 531 g/mol. The Kier molecular flexibility index (Phi) is 5.15. The van der Waals surface area contributed by atoms with Gasteiger partial charge in [-0.2, -0.15) is 4.68 Å². The number of aromatic nitrogens is 6. The first-order chi connectivity index (χ1) is 18.5. The summed E-state index contributed by atoms with van der Waals surface area (Å²) in [5.41, 5.74) is 4.72. The van der Waals surface area contributed by atoms with E-state index in [2.05, 4.69) is 30.8 Å². The number of carbonyl (C=O) groups is 2. The van der Waals surface area contributed by atoms with Crippen LogP contribution in [0, 0.1) is 5.82 Å². The molecule has 7 rings (SSSR count). The Morgan fingerprint density at radius 1 is 1.13 bits per heavy atom. The molecule has 4 aromatic rings. The van der Waals surface area contributed by atoms with Gasteiger partial charge in [-0.1, -0.05) is 17.7 Å². The number of nitrogens with zero attached hydrogens (tertiary/aromatic N) is 6. The van der Waals surface area contributed by atoms with Crippen molar-refractivity contribution in [1.82, 2.24) is 35.1 Å². The van der Waals surface area contributed by atoms with E-state index >= 15 is 4.39 Å². The predicted molar refractivity (Wildman–Crippen MR) is 136 cm³/mol. The van der Waals surface area contributed by atoms with Crippen LogP contribution in [0.15, 0.2) is 48.9 Å². The number of halogens is 2. The Labute approximate surface area is 220 Å². The van der Waals surface area contributed by atoms with Gasteiger partial charge in [0.05, 0.1) is 35.1 Å². The van der Waals surface area contributed by atoms with Crippen LogP contribution >= 0.6 is 11.6 Å². The summed E-state index contributed by atoms with van der Waals surface area (Å²) in [4.78, 5) is 35.0. The summed E-state index contributed by atoms with van der Waals surface area (Å²) >= 11 is 6.12. The molecule has 38 heavy (non-hydrogen) atoms. The number of rotatable bonds is 4. The third kappa shape index (κ3) is 3.61. The molecule has 0 bridgehead atoms. The van der Waals surface area contributed by atoms with E-state index < -0.39 is 5.82 Å². The van der Waals surface area contributed by atoms with Crippen LogP contribution in [-0.4, -0.2) is 52.9 Å². The molecule has 2 amide bonds. The van der Waals surface area contributed by atoms with Crippen molar-refractivity contribution in [3.63, 3.8) is 0 Å². The highest BCUT2D eigenvalue weighted by Crippen LogP contribution is 2.44. The number of imidazole rings is 1. The number of tetrazole rings is 1. The van der Waals surface area contributed by atoms with Gasteiger partial charge in [-0.3, -0.25) is 9.59 Å². The average Bonchev–Trinajstić information content (AvgIpc) is 3.70. The van der Waals surface area contributed by atoms with Gasteiger partial charge in [0.2, 0.25) is 11.8 Å². The molecule has 1 saturated heterocycles. The van der Waals surface area contributed by atoms with E-state index in [4.69, 9.17) is 11.6 Å². The Morgan fingerprint density at radius 2 is 2.03 bits per heavy atom. The second kappa shape index (κ2) is 8.59. The maximum Gasteiger partial charge on any atom is 0.247 e. The molecule has 0 aliphatic carbocycles. The van der Waals surface area contributed by atoms with Crippen molar-refractivity contribution in [3.05, 3.63) is 76.7 Å². The fourth-order valence-corrected chi connectivity index (χ4v) is 5.91. The molecule has 1 fully saturated rings. The lowest BCUT2D eigenvalue weighted by Gasteiger charge is -2.33. The Hall–Kier alpha value is -4.38. The van der Waals surface area contributed by atoms with Crippen LogP contribution in [0.5, 0.6) is 0 Å². The molecule has 12 heteroatoms. The molecular weight excluding hydrogens is 511 g/mol. The van der Waals surface area contributed by atoms with Gasteiger partial charge in [0, 0.05) is 23.4 Å². The number of aromatic amines is 1. The maximum atomic E-state index is 15.3. The molecule has 3 aliphatic heterocycles. The molecule has 2 aromatic carbocycles. The van der Waals surface area contributed by atoms with Crippen molar-refractivity contribution in [2.75, 3.05) is 5.32 Å². The van der Waals surface area contributed by atoms with Gasteiger partial charge in [0.25, 0.3) is 0 Å². The molecular formula is C26H20ClFN8O2. The Bertz CT molecular complexity index is 1650.